The lowest BCUT2D eigenvalue weighted by atomic mass is 9.89. The summed E-state index contributed by atoms with van der Waals surface area (Å²) in [6.45, 7) is 1.14. The summed E-state index contributed by atoms with van der Waals surface area (Å²) in [6.07, 6.45) is 2.53. The van der Waals surface area contributed by atoms with Crippen molar-refractivity contribution in [2.75, 3.05) is 56.8 Å². The molecule has 0 aliphatic carbocycles. The summed E-state index contributed by atoms with van der Waals surface area (Å²) in [5.41, 5.74) is 3.79. The minimum Gasteiger partial charge on any atom is -0.453 e. The maximum Gasteiger partial charge on any atom is 0.407 e. The standard InChI is InChI=1S/C50H52F5N9O5/c1-68-44(25-65)45(61-50(67)69-2)49(66)63-16-4-6-43(63)48-59-38-22-31(33(53)24-40(38)60-48)42-12-11-41(30-21-37-39(23-32(30)52)58-47(57-37)36-5-3-15-56-36)64(42)29-19-34(54)46(35(55)20-29)62-17-13-27(14-18-62)26-7-9-28(51)10-8-26/h7-10,19-24,27,41-45,65H,3-6,11-18,25H2,1-2H3,(H,57,58)(H,59,60)(H,61,67)/t41-,42-,43+,44-,45+/m1/s1. The van der Waals surface area contributed by atoms with Crippen molar-refractivity contribution in [1.82, 2.24) is 30.2 Å². The molecule has 14 nitrogen and oxygen atoms in total. The van der Waals surface area contributed by atoms with Crippen molar-refractivity contribution in [3.8, 4) is 0 Å². The van der Waals surface area contributed by atoms with Crippen molar-refractivity contribution in [3.05, 3.63) is 118 Å². The number of methoxy groups -OCH3 is 2. The number of benzene rings is 4. The Morgan fingerprint density at radius 2 is 1.43 bits per heavy atom. The van der Waals surface area contributed by atoms with Gasteiger partial charge in [0.15, 0.2) is 17.5 Å². The number of halogens is 5. The Morgan fingerprint density at radius 1 is 0.783 bits per heavy atom. The summed E-state index contributed by atoms with van der Waals surface area (Å²) < 4.78 is 90.3. The van der Waals surface area contributed by atoms with Gasteiger partial charge in [-0.05, 0) is 99.2 Å². The van der Waals surface area contributed by atoms with Gasteiger partial charge in [0, 0.05) is 62.2 Å². The number of H-pyrrole nitrogens is 2. The van der Waals surface area contributed by atoms with Crippen LogP contribution in [-0.4, -0.2) is 107 Å². The molecule has 2 amide bonds. The number of hydrogen-bond acceptors (Lipinski definition) is 10. The average molecular weight is 954 g/mol. The van der Waals surface area contributed by atoms with Crippen LogP contribution in [0, 0.1) is 29.1 Å². The molecule has 19 heteroatoms. The van der Waals surface area contributed by atoms with Crippen LogP contribution in [0.4, 0.5) is 38.1 Å². The molecule has 3 fully saturated rings. The van der Waals surface area contributed by atoms with E-state index in [2.05, 4.69) is 25.3 Å². The first kappa shape index (κ1) is 46.1. The molecule has 10 rings (SSSR count). The van der Waals surface area contributed by atoms with Crippen LogP contribution < -0.4 is 15.1 Å². The number of nitrogens with one attached hydrogen (secondary N) is 3. The van der Waals surface area contributed by atoms with E-state index in [1.54, 1.807) is 34.1 Å². The minimum atomic E-state index is -1.28. The van der Waals surface area contributed by atoms with Crippen molar-refractivity contribution in [1.29, 1.82) is 0 Å². The molecule has 5 atom stereocenters. The van der Waals surface area contributed by atoms with Crippen LogP contribution in [-0.2, 0) is 14.3 Å². The zero-order chi connectivity index (χ0) is 48.1. The summed E-state index contributed by atoms with van der Waals surface area (Å²) in [6, 6.07) is 11.1. The Balaban J connectivity index is 0.994. The first-order valence-electron chi connectivity index (χ1n) is 23.4. The maximum absolute atomic E-state index is 16.8. The summed E-state index contributed by atoms with van der Waals surface area (Å²) in [5.74, 6) is -2.69. The third-order valence-corrected chi connectivity index (χ3v) is 14.4. The van der Waals surface area contributed by atoms with Crippen LogP contribution in [0.15, 0.2) is 65.7 Å². The van der Waals surface area contributed by atoms with E-state index in [0.29, 0.717) is 86.5 Å². The molecule has 0 saturated carbocycles. The highest BCUT2D eigenvalue weighted by Gasteiger charge is 2.42. The van der Waals surface area contributed by atoms with Gasteiger partial charge in [-0.1, -0.05) is 12.1 Å². The predicted molar refractivity (Wildman–Crippen MR) is 248 cm³/mol. The minimum absolute atomic E-state index is 0.101. The summed E-state index contributed by atoms with van der Waals surface area (Å²) >= 11 is 0. The lowest BCUT2D eigenvalue weighted by molar-refractivity contribution is -0.139. The van der Waals surface area contributed by atoms with Crippen LogP contribution in [0.25, 0.3) is 22.1 Å². The average Bonchev–Trinajstić information content (AvgIpc) is 4.21. The first-order valence-corrected chi connectivity index (χ1v) is 23.4. The van der Waals surface area contributed by atoms with Crippen molar-refractivity contribution in [2.45, 2.75) is 87.6 Å². The van der Waals surface area contributed by atoms with Gasteiger partial charge in [0.1, 0.15) is 41.1 Å². The van der Waals surface area contributed by atoms with Gasteiger partial charge in [0.25, 0.3) is 0 Å². The number of alkyl carbamates (subject to hydrolysis) is 1. The van der Waals surface area contributed by atoms with Gasteiger partial charge in [-0.25, -0.2) is 36.7 Å². The fourth-order valence-corrected chi connectivity index (χ4v) is 10.9. The number of ether oxygens (including phenoxy) is 2. The highest BCUT2D eigenvalue weighted by Crippen LogP contribution is 2.50. The number of aromatic amines is 2. The maximum atomic E-state index is 16.8. The Hall–Kier alpha value is -6.60. The van der Waals surface area contributed by atoms with Crippen molar-refractivity contribution in [3.63, 3.8) is 0 Å². The molecule has 3 saturated heterocycles. The van der Waals surface area contributed by atoms with Gasteiger partial charge in [0.2, 0.25) is 5.91 Å². The molecule has 362 valence electrons. The number of aliphatic imine (C=N–C) groups is 1. The third-order valence-electron chi connectivity index (χ3n) is 14.4. The van der Waals surface area contributed by atoms with E-state index < -0.39 is 72.1 Å². The molecule has 0 radical (unpaired) electrons. The number of hydrogen-bond donors (Lipinski definition) is 4. The predicted octanol–water partition coefficient (Wildman–Crippen LogP) is 8.58. The van der Waals surface area contributed by atoms with E-state index in [1.807, 2.05) is 0 Å². The number of aliphatic hydroxyl groups excluding tert-OH is 1. The number of aromatic nitrogens is 4. The molecule has 2 aromatic heterocycles. The van der Waals surface area contributed by atoms with E-state index in [1.165, 1.54) is 48.4 Å². The van der Waals surface area contributed by atoms with Crippen LogP contribution in [0.5, 0.6) is 0 Å². The van der Waals surface area contributed by atoms with Crippen LogP contribution >= 0.6 is 0 Å². The second-order valence-corrected chi connectivity index (χ2v) is 18.3. The highest BCUT2D eigenvalue weighted by atomic mass is 19.1. The summed E-state index contributed by atoms with van der Waals surface area (Å²) in [4.78, 5) is 51.6. The fourth-order valence-electron chi connectivity index (χ4n) is 10.9. The lowest BCUT2D eigenvalue weighted by Crippen LogP contribution is -2.55. The molecule has 4 aliphatic heterocycles. The Kier molecular flexibility index (Phi) is 12.7. The molecule has 0 spiro atoms. The molecule has 69 heavy (non-hydrogen) atoms. The smallest absolute Gasteiger partial charge is 0.407 e. The monoisotopic (exact) mass is 953 g/mol. The van der Waals surface area contributed by atoms with Gasteiger partial charge in [-0.3, -0.25) is 9.79 Å². The number of amides is 2. The highest BCUT2D eigenvalue weighted by molar-refractivity contribution is 6.00. The number of imidazole rings is 2. The number of carbonyl (C=O) groups excluding carboxylic acids is 2. The molecule has 0 unspecified atom stereocenters. The van der Waals surface area contributed by atoms with Crippen LogP contribution in [0.2, 0.25) is 0 Å². The third kappa shape index (κ3) is 8.74. The molecule has 6 aromatic rings. The molecular formula is C50H52F5N9O5. The lowest BCUT2D eigenvalue weighted by Gasteiger charge is -2.36. The number of aliphatic hydroxyl groups is 1. The quantitative estimate of drug-likeness (QED) is 0.0880. The Labute approximate surface area is 393 Å². The van der Waals surface area contributed by atoms with E-state index >= 15 is 17.6 Å². The number of carbonyl (C=O) groups is 2. The number of anilines is 2. The first-order chi connectivity index (χ1) is 33.4. The number of piperidine rings is 1. The number of fused-ring (bicyclic) bond motifs is 2. The number of nitrogens with zero attached hydrogens (tertiary/aromatic N) is 6. The van der Waals surface area contributed by atoms with Crippen LogP contribution in [0.3, 0.4) is 0 Å². The van der Waals surface area contributed by atoms with Gasteiger partial charge in [-0.15, -0.1) is 0 Å². The topological polar surface area (TPSA) is 164 Å². The van der Waals surface area contributed by atoms with Gasteiger partial charge >= 0.3 is 6.09 Å². The van der Waals surface area contributed by atoms with Crippen LogP contribution in [0.1, 0.15) is 104 Å². The molecular weight excluding hydrogens is 902 g/mol. The van der Waals surface area contributed by atoms with E-state index in [4.69, 9.17) is 14.5 Å². The van der Waals surface area contributed by atoms with Gasteiger partial charge in [-0.2, -0.15) is 0 Å². The molecule has 4 N–H and O–H groups in total. The number of likely N-dealkylation sites (tertiary alicyclic amines) is 1. The Morgan fingerprint density at radius 3 is 2.04 bits per heavy atom. The molecule has 0 bridgehead atoms. The van der Waals surface area contributed by atoms with Crippen molar-refractivity contribution < 1.29 is 46.1 Å². The molecule has 4 aliphatic rings. The second kappa shape index (κ2) is 19.1. The molecule has 6 heterocycles. The largest absolute Gasteiger partial charge is 0.453 e. The fraction of sp³-hybridized carbons (Fsp3) is 0.420. The van der Waals surface area contributed by atoms with Gasteiger partial charge in [0.05, 0.1) is 59.6 Å². The summed E-state index contributed by atoms with van der Waals surface area (Å²) in [7, 11) is 2.46. The van der Waals surface area contributed by atoms with Crippen molar-refractivity contribution in [2.24, 2.45) is 4.99 Å². The SMILES string of the molecule is COC(=O)N[C@H](C(=O)N1CCC[C@H]1c1nc2cc(F)c([C@H]3CC[C@H](c4cc5[nH]c(C6=NCCC6)nc5cc4F)N3c3cc(F)c(N4CCC(c5ccc(F)cc5)CC4)c(F)c3)cc2[nH]1)[C@@H](CO)OC. The Bertz CT molecular complexity index is 2910. The van der Waals surface area contributed by atoms with E-state index in [9.17, 15) is 19.1 Å². The van der Waals surface area contributed by atoms with E-state index in [-0.39, 0.29) is 46.2 Å². The van der Waals surface area contributed by atoms with E-state index in [0.717, 1.165) is 31.2 Å². The summed E-state index contributed by atoms with van der Waals surface area (Å²) in [5, 5.41) is 12.4. The zero-order valence-corrected chi connectivity index (χ0v) is 38.1. The number of rotatable bonds is 12. The molecule has 4 aromatic carbocycles. The zero-order valence-electron chi connectivity index (χ0n) is 38.1. The second-order valence-electron chi connectivity index (χ2n) is 18.3. The normalized spacial score (nSPS) is 20.8. The van der Waals surface area contributed by atoms with Gasteiger partial charge < -0.3 is 44.6 Å². The van der Waals surface area contributed by atoms with Crippen molar-refractivity contribution >= 4 is 51.2 Å².